The molecule has 1 heterocycles. The Kier molecular flexibility index (Phi) is 4.71. The van der Waals surface area contributed by atoms with Gasteiger partial charge in [0.15, 0.2) is 23.1 Å². The molecule has 0 unspecified atom stereocenters. The lowest BCUT2D eigenvalue weighted by Crippen LogP contribution is -1.98. The van der Waals surface area contributed by atoms with Crippen LogP contribution in [0.2, 0.25) is 0 Å². The van der Waals surface area contributed by atoms with Crippen molar-refractivity contribution < 1.29 is 9.47 Å². The van der Waals surface area contributed by atoms with Crippen LogP contribution in [0, 0.1) is 13.8 Å². The highest BCUT2D eigenvalue weighted by Gasteiger charge is 2.05. The molecule has 0 saturated carbocycles. The predicted molar refractivity (Wildman–Crippen MR) is 81.2 cm³/mol. The Hall–Kier alpha value is -2.63. The van der Waals surface area contributed by atoms with Crippen LogP contribution < -0.4 is 9.47 Å². The number of hydrogen-bond acceptors (Lipinski definition) is 5. The van der Waals surface area contributed by atoms with Crippen LogP contribution in [0.3, 0.4) is 0 Å². The molecule has 0 bridgehead atoms. The van der Waals surface area contributed by atoms with Crippen LogP contribution in [0.25, 0.3) is 0 Å². The molecule has 0 radical (unpaired) electrons. The molecule has 6 nitrogen and oxygen atoms in total. The average molecular weight is 286 g/mol. The van der Waals surface area contributed by atoms with Crippen molar-refractivity contribution in [1.29, 1.82) is 0 Å². The van der Waals surface area contributed by atoms with E-state index in [0.29, 0.717) is 18.1 Å². The fraction of sp³-hybridized carbons (Fsp3) is 0.267. The van der Waals surface area contributed by atoms with Crippen molar-refractivity contribution in [3.8, 4) is 11.5 Å². The maximum atomic E-state index is 5.51. The van der Waals surface area contributed by atoms with Crippen molar-refractivity contribution in [2.45, 2.75) is 13.8 Å². The molecular weight excluding hydrogens is 268 g/mol. The third kappa shape index (κ3) is 3.47. The van der Waals surface area contributed by atoms with Gasteiger partial charge in [-0.3, -0.25) is 0 Å². The van der Waals surface area contributed by atoms with Crippen LogP contribution in [0.15, 0.2) is 36.0 Å². The Morgan fingerprint density at radius 3 is 2.57 bits per heavy atom. The molecule has 2 aromatic rings. The molecule has 0 aliphatic heterocycles. The monoisotopic (exact) mass is 286 g/mol. The Morgan fingerprint density at radius 1 is 1.24 bits per heavy atom. The molecule has 6 heteroatoms. The third-order valence-electron chi connectivity index (χ3n) is 2.82. The molecule has 1 aromatic carbocycles. The molecule has 1 aromatic heterocycles. The van der Waals surface area contributed by atoms with Crippen LogP contribution >= 0.6 is 0 Å². The number of methoxy groups -OCH3 is 1. The van der Waals surface area contributed by atoms with E-state index >= 15 is 0 Å². The summed E-state index contributed by atoms with van der Waals surface area (Å²) in [5.41, 5.74) is 0.894. The molecule has 0 atom stereocenters. The minimum atomic E-state index is 0.433. The Labute approximate surface area is 123 Å². The van der Waals surface area contributed by atoms with Gasteiger partial charge in [-0.25, -0.2) is 4.68 Å². The lowest BCUT2D eigenvalue weighted by atomic mass is 10.2. The topological polar surface area (TPSA) is 61.5 Å². The fourth-order valence-corrected chi connectivity index (χ4v) is 1.79. The zero-order chi connectivity index (χ0) is 15.2. The lowest BCUT2D eigenvalue weighted by molar-refractivity contribution is 0.326. The number of aryl methyl sites for hydroxylation is 2. The number of hydrogen-bond donors (Lipinski definition) is 0. The Balaban J connectivity index is 2.23. The van der Waals surface area contributed by atoms with Crippen LogP contribution in [0.5, 0.6) is 11.5 Å². The van der Waals surface area contributed by atoms with Crippen LogP contribution in [0.1, 0.15) is 17.2 Å². The van der Waals surface area contributed by atoms with Gasteiger partial charge in [0.25, 0.3) is 0 Å². The van der Waals surface area contributed by atoms with E-state index in [1.807, 2.05) is 32.0 Å². The molecule has 0 N–H and O–H groups in total. The first kappa shape index (κ1) is 14.8. The predicted octanol–water partition coefficient (Wildman–Crippen LogP) is 2.35. The molecule has 0 aliphatic rings. The highest BCUT2D eigenvalue weighted by atomic mass is 16.5. The first-order valence-electron chi connectivity index (χ1n) is 6.50. The summed E-state index contributed by atoms with van der Waals surface area (Å²) in [6.07, 6.45) is 3.41. The summed E-state index contributed by atoms with van der Waals surface area (Å²) >= 11 is 0. The van der Waals surface area contributed by atoms with Gasteiger partial charge in [0, 0.05) is 0 Å². The number of rotatable bonds is 6. The maximum absolute atomic E-state index is 5.51. The molecule has 0 spiro atoms. The average Bonchev–Trinajstić information content (AvgIpc) is 2.82. The zero-order valence-corrected chi connectivity index (χ0v) is 12.4. The van der Waals surface area contributed by atoms with Gasteiger partial charge < -0.3 is 9.47 Å². The summed E-state index contributed by atoms with van der Waals surface area (Å²) in [6, 6.07) is 5.60. The van der Waals surface area contributed by atoms with Gasteiger partial charge in [-0.1, -0.05) is 12.7 Å². The van der Waals surface area contributed by atoms with E-state index in [0.717, 1.165) is 17.2 Å². The minimum Gasteiger partial charge on any atom is -0.493 e. The van der Waals surface area contributed by atoms with Gasteiger partial charge in [-0.2, -0.15) is 5.10 Å². The molecule has 0 amide bonds. The molecule has 0 saturated heterocycles. The molecule has 0 fully saturated rings. The van der Waals surface area contributed by atoms with Crippen molar-refractivity contribution in [1.82, 2.24) is 14.9 Å². The van der Waals surface area contributed by atoms with E-state index in [1.54, 1.807) is 24.1 Å². The summed E-state index contributed by atoms with van der Waals surface area (Å²) in [7, 11) is 1.60. The SMILES string of the molecule is C=CCOc1ccc(C=Nn2c(C)nnc2C)cc1OC. The van der Waals surface area contributed by atoms with E-state index in [4.69, 9.17) is 9.47 Å². The second-order valence-electron chi connectivity index (χ2n) is 4.36. The molecule has 110 valence electrons. The van der Waals surface area contributed by atoms with Crippen molar-refractivity contribution >= 4 is 6.21 Å². The van der Waals surface area contributed by atoms with Crippen molar-refractivity contribution in [2.75, 3.05) is 13.7 Å². The van der Waals surface area contributed by atoms with E-state index in [1.165, 1.54) is 0 Å². The molecule has 2 rings (SSSR count). The summed E-state index contributed by atoms with van der Waals surface area (Å²) in [5, 5.41) is 12.3. The highest BCUT2D eigenvalue weighted by molar-refractivity contribution is 5.80. The maximum Gasteiger partial charge on any atom is 0.161 e. The van der Waals surface area contributed by atoms with E-state index in [9.17, 15) is 0 Å². The van der Waals surface area contributed by atoms with Crippen molar-refractivity contribution in [2.24, 2.45) is 5.10 Å². The summed E-state index contributed by atoms with van der Waals surface area (Å²) in [4.78, 5) is 0. The number of ether oxygens (including phenoxy) is 2. The normalized spacial score (nSPS) is 10.8. The van der Waals surface area contributed by atoms with Gasteiger partial charge >= 0.3 is 0 Å². The second kappa shape index (κ2) is 6.69. The van der Waals surface area contributed by atoms with Crippen molar-refractivity contribution in [3.05, 3.63) is 48.1 Å². The molecule has 21 heavy (non-hydrogen) atoms. The molecular formula is C15H18N4O2. The standard InChI is InChI=1S/C15H18N4O2/c1-5-8-21-14-7-6-13(9-15(14)20-4)10-16-19-11(2)17-18-12(19)3/h5-7,9-10H,1,8H2,2-4H3. The second-order valence-corrected chi connectivity index (χ2v) is 4.36. The number of aromatic nitrogens is 3. The van der Waals surface area contributed by atoms with Crippen molar-refractivity contribution in [3.63, 3.8) is 0 Å². The molecule has 0 aliphatic carbocycles. The van der Waals surface area contributed by atoms with Crippen LogP contribution in [-0.2, 0) is 0 Å². The Morgan fingerprint density at radius 2 is 1.95 bits per heavy atom. The smallest absolute Gasteiger partial charge is 0.161 e. The summed E-state index contributed by atoms with van der Waals surface area (Å²) in [5.74, 6) is 2.80. The quantitative estimate of drug-likeness (QED) is 0.604. The van der Waals surface area contributed by atoms with Crippen LogP contribution in [-0.4, -0.2) is 34.8 Å². The van der Waals surface area contributed by atoms with Gasteiger partial charge in [0.05, 0.1) is 13.3 Å². The van der Waals surface area contributed by atoms with Crippen LogP contribution in [0.4, 0.5) is 0 Å². The lowest BCUT2D eigenvalue weighted by Gasteiger charge is -2.09. The van der Waals surface area contributed by atoms with E-state index in [2.05, 4.69) is 21.9 Å². The fourth-order valence-electron chi connectivity index (χ4n) is 1.79. The summed E-state index contributed by atoms with van der Waals surface area (Å²) in [6.45, 7) is 7.76. The van der Waals surface area contributed by atoms with Gasteiger partial charge in [-0.15, -0.1) is 10.2 Å². The Bertz CT molecular complexity index is 642. The number of nitrogens with zero attached hydrogens (tertiary/aromatic N) is 4. The first-order chi connectivity index (χ1) is 10.2. The third-order valence-corrected chi connectivity index (χ3v) is 2.82. The highest BCUT2D eigenvalue weighted by Crippen LogP contribution is 2.27. The largest absolute Gasteiger partial charge is 0.493 e. The zero-order valence-electron chi connectivity index (χ0n) is 12.4. The number of benzene rings is 1. The first-order valence-corrected chi connectivity index (χ1v) is 6.50. The minimum absolute atomic E-state index is 0.433. The van der Waals surface area contributed by atoms with E-state index in [-0.39, 0.29) is 0 Å². The van der Waals surface area contributed by atoms with Gasteiger partial charge in [0.1, 0.15) is 6.61 Å². The van der Waals surface area contributed by atoms with Gasteiger partial charge in [-0.05, 0) is 37.6 Å². The summed E-state index contributed by atoms with van der Waals surface area (Å²) < 4.78 is 12.5. The van der Waals surface area contributed by atoms with Gasteiger partial charge in [0.2, 0.25) is 0 Å². The van der Waals surface area contributed by atoms with E-state index < -0.39 is 0 Å².